The number of rotatable bonds is 3. The predicted octanol–water partition coefficient (Wildman–Crippen LogP) is 2.06. The minimum Gasteiger partial charge on any atom is -0.403 e. The minimum atomic E-state index is -0.297. The monoisotopic (exact) mass is 198 g/mol. The van der Waals surface area contributed by atoms with Crippen LogP contribution in [0.3, 0.4) is 0 Å². The average molecular weight is 198 g/mol. The van der Waals surface area contributed by atoms with Crippen molar-refractivity contribution in [2.75, 3.05) is 0 Å². The van der Waals surface area contributed by atoms with Crippen molar-refractivity contribution >= 4 is 13.4 Å². The Labute approximate surface area is 86.3 Å². The van der Waals surface area contributed by atoms with Gasteiger partial charge in [-0.1, -0.05) is 6.92 Å². The summed E-state index contributed by atoms with van der Waals surface area (Å²) in [6, 6.07) is 0. The van der Waals surface area contributed by atoms with Crippen LogP contribution in [0.5, 0.6) is 0 Å². The van der Waals surface area contributed by atoms with E-state index in [4.69, 9.17) is 9.31 Å². The van der Waals surface area contributed by atoms with Crippen LogP contribution in [0.4, 0.5) is 0 Å². The molecule has 1 fully saturated rings. The maximum atomic E-state index is 10.4. The van der Waals surface area contributed by atoms with Crippen LogP contribution in [0.15, 0.2) is 0 Å². The van der Waals surface area contributed by atoms with E-state index >= 15 is 0 Å². The first-order valence-electron chi connectivity index (χ1n) is 5.09. The van der Waals surface area contributed by atoms with E-state index in [1.807, 2.05) is 34.6 Å². The third-order valence-electron chi connectivity index (χ3n) is 3.20. The van der Waals surface area contributed by atoms with Gasteiger partial charge in [0.1, 0.15) is 6.29 Å². The van der Waals surface area contributed by atoms with Crippen molar-refractivity contribution in [1.29, 1.82) is 0 Å². The van der Waals surface area contributed by atoms with Crippen molar-refractivity contribution in [2.24, 2.45) is 0 Å². The van der Waals surface area contributed by atoms with Crippen molar-refractivity contribution in [3.8, 4) is 0 Å². The first-order valence-corrected chi connectivity index (χ1v) is 5.09. The molecule has 1 aliphatic rings. The summed E-state index contributed by atoms with van der Waals surface area (Å²) in [7, 11) is -0.259. The molecule has 0 aliphatic carbocycles. The topological polar surface area (TPSA) is 35.5 Å². The van der Waals surface area contributed by atoms with Gasteiger partial charge in [-0.3, -0.25) is 0 Å². The van der Waals surface area contributed by atoms with Gasteiger partial charge in [0.05, 0.1) is 11.2 Å². The minimum absolute atomic E-state index is 0.119. The van der Waals surface area contributed by atoms with Crippen molar-refractivity contribution in [2.45, 2.75) is 58.1 Å². The maximum absolute atomic E-state index is 10.4. The molecule has 0 radical (unpaired) electrons. The molecule has 0 N–H and O–H groups in total. The predicted molar refractivity (Wildman–Crippen MR) is 56.2 cm³/mol. The molecule has 0 unspecified atom stereocenters. The molecule has 80 valence electrons. The summed E-state index contributed by atoms with van der Waals surface area (Å²) in [5.74, 6) is 0.119. The molecule has 3 nitrogen and oxygen atoms in total. The second kappa shape index (κ2) is 3.67. The van der Waals surface area contributed by atoms with E-state index < -0.39 is 0 Å². The SMILES string of the molecule is C[C@H](CC=O)B1OC(C)(C)C(C)(C)O1. The number of hydrogen-bond acceptors (Lipinski definition) is 3. The number of carbonyl (C=O) groups is 1. The Balaban J connectivity index is 2.67. The first-order chi connectivity index (χ1) is 6.30. The van der Waals surface area contributed by atoms with E-state index in [-0.39, 0.29) is 24.1 Å². The van der Waals surface area contributed by atoms with Gasteiger partial charge >= 0.3 is 7.12 Å². The van der Waals surface area contributed by atoms with Crippen LogP contribution < -0.4 is 0 Å². The normalized spacial score (nSPS) is 26.2. The Morgan fingerprint density at radius 1 is 1.21 bits per heavy atom. The molecule has 1 aliphatic heterocycles. The molecule has 14 heavy (non-hydrogen) atoms. The third kappa shape index (κ3) is 2.01. The molecule has 4 heteroatoms. The molecule has 1 saturated heterocycles. The van der Waals surface area contributed by atoms with Crippen molar-refractivity contribution in [1.82, 2.24) is 0 Å². The van der Waals surface area contributed by atoms with Crippen molar-refractivity contribution in [3.63, 3.8) is 0 Å². The Hall–Kier alpha value is -0.345. The van der Waals surface area contributed by atoms with Crippen LogP contribution in [0.25, 0.3) is 0 Å². The summed E-state index contributed by atoms with van der Waals surface area (Å²) in [5.41, 5.74) is -0.594. The van der Waals surface area contributed by atoms with Gasteiger partial charge in [-0.25, -0.2) is 0 Å². The van der Waals surface area contributed by atoms with Crippen LogP contribution in [0.1, 0.15) is 41.0 Å². The zero-order chi connectivity index (χ0) is 11.0. The summed E-state index contributed by atoms with van der Waals surface area (Å²) in [5, 5.41) is 0. The fourth-order valence-electron chi connectivity index (χ4n) is 1.38. The Bertz CT molecular complexity index is 209. The van der Waals surface area contributed by atoms with Gasteiger partial charge in [0, 0.05) is 6.42 Å². The molecule has 0 bridgehead atoms. The van der Waals surface area contributed by atoms with Crippen LogP contribution in [0, 0.1) is 0 Å². The maximum Gasteiger partial charge on any atom is 0.461 e. The lowest BCUT2D eigenvalue weighted by Gasteiger charge is -2.32. The van der Waals surface area contributed by atoms with Gasteiger partial charge < -0.3 is 14.1 Å². The Morgan fingerprint density at radius 3 is 2.00 bits per heavy atom. The summed E-state index contributed by atoms with van der Waals surface area (Å²) in [6.07, 6.45) is 1.40. The molecule has 0 aromatic carbocycles. The van der Waals surface area contributed by atoms with E-state index in [0.29, 0.717) is 6.42 Å². The van der Waals surface area contributed by atoms with Gasteiger partial charge in [0.25, 0.3) is 0 Å². The largest absolute Gasteiger partial charge is 0.461 e. The van der Waals surface area contributed by atoms with E-state index in [2.05, 4.69) is 0 Å². The van der Waals surface area contributed by atoms with Crippen molar-refractivity contribution in [3.05, 3.63) is 0 Å². The van der Waals surface area contributed by atoms with Crippen LogP contribution in [0.2, 0.25) is 5.82 Å². The molecule has 0 aromatic rings. The molecule has 0 spiro atoms. The lowest BCUT2D eigenvalue weighted by molar-refractivity contribution is -0.107. The Kier molecular flexibility index (Phi) is 3.07. The first kappa shape index (κ1) is 11.7. The molecule has 0 saturated carbocycles. The molecule has 1 rings (SSSR count). The summed E-state index contributed by atoms with van der Waals surface area (Å²) < 4.78 is 11.6. The van der Waals surface area contributed by atoms with Gasteiger partial charge in [-0.05, 0) is 33.5 Å². The molecule has 0 aromatic heterocycles. The van der Waals surface area contributed by atoms with Gasteiger partial charge in [0.2, 0.25) is 0 Å². The van der Waals surface area contributed by atoms with E-state index in [1.54, 1.807) is 0 Å². The van der Waals surface area contributed by atoms with Crippen LogP contribution in [-0.4, -0.2) is 24.6 Å². The second-order valence-corrected chi connectivity index (χ2v) is 5.00. The number of carbonyl (C=O) groups excluding carboxylic acids is 1. The highest BCUT2D eigenvalue weighted by molar-refractivity contribution is 6.47. The number of hydrogen-bond donors (Lipinski definition) is 0. The molecule has 0 amide bonds. The van der Waals surface area contributed by atoms with Crippen LogP contribution >= 0.6 is 0 Å². The second-order valence-electron chi connectivity index (χ2n) is 5.00. The summed E-state index contributed by atoms with van der Waals surface area (Å²) in [4.78, 5) is 10.4. The van der Waals surface area contributed by atoms with E-state index in [9.17, 15) is 4.79 Å². The molecule has 1 heterocycles. The fraction of sp³-hybridized carbons (Fsp3) is 0.900. The van der Waals surface area contributed by atoms with E-state index in [0.717, 1.165) is 6.29 Å². The highest BCUT2D eigenvalue weighted by atomic mass is 16.7. The van der Waals surface area contributed by atoms with Crippen LogP contribution in [-0.2, 0) is 14.1 Å². The van der Waals surface area contributed by atoms with Gasteiger partial charge in [-0.2, -0.15) is 0 Å². The quantitative estimate of drug-likeness (QED) is 0.514. The fourth-order valence-corrected chi connectivity index (χ4v) is 1.38. The molecule has 1 atom stereocenters. The Morgan fingerprint density at radius 2 is 1.64 bits per heavy atom. The molecular weight excluding hydrogens is 179 g/mol. The highest BCUT2D eigenvalue weighted by Crippen LogP contribution is 2.40. The van der Waals surface area contributed by atoms with Gasteiger partial charge in [0.15, 0.2) is 0 Å². The molecular formula is C10H19BO3. The lowest BCUT2D eigenvalue weighted by atomic mass is 9.71. The standard InChI is InChI=1S/C10H19BO3/c1-8(6-7-12)11-13-9(2,3)10(4,5)14-11/h7-8H,6H2,1-5H3/t8-/m1/s1. The van der Waals surface area contributed by atoms with Gasteiger partial charge in [-0.15, -0.1) is 0 Å². The lowest BCUT2D eigenvalue weighted by Crippen LogP contribution is -2.41. The zero-order valence-electron chi connectivity index (χ0n) is 9.66. The zero-order valence-corrected chi connectivity index (χ0v) is 9.66. The van der Waals surface area contributed by atoms with Crippen molar-refractivity contribution < 1.29 is 14.1 Å². The highest BCUT2D eigenvalue weighted by Gasteiger charge is 2.52. The average Bonchev–Trinajstić information content (AvgIpc) is 2.22. The summed E-state index contributed by atoms with van der Waals surface area (Å²) >= 11 is 0. The van der Waals surface area contributed by atoms with E-state index in [1.165, 1.54) is 0 Å². The smallest absolute Gasteiger partial charge is 0.403 e. The third-order valence-corrected chi connectivity index (χ3v) is 3.20. The summed E-state index contributed by atoms with van der Waals surface area (Å²) in [6.45, 7) is 10.0. The number of aldehydes is 1.